The number of benzene rings is 1. The van der Waals surface area contributed by atoms with Crippen molar-refractivity contribution in [2.24, 2.45) is 0 Å². The highest BCUT2D eigenvalue weighted by atomic mass is 32.1. The Balaban J connectivity index is 2.18. The highest BCUT2D eigenvalue weighted by molar-refractivity contribution is 7.15. The maximum atomic E-state index is 12.1. The molecule has 0 radical (unpaired) electrons. The molecule has 0 unspecified atom stereocenters. The van der Waals surface area contributed by atoms with E-state index in [-0.39, 0.29) is 5.91 Å². The summed E-state index contributed by atoms with van der Waals surface area (Å²) in [7, 11) is 0. The van der Waals surface area contributed by atoms with E-state index >= 15 is 0 Å². The fraction of sp³-hybridized carbons (Fsp3) is 0.250. The van der Waals surface area contributed by atoms with Crippen molar-refractivity contribution in [1.29, 1.82) is 0 Å². The van der Waals surface area contributed by atoms with Gasteiger partial charge in [-0.15, -0.1) is 10.2 Å². The Hall–Kier alpha value is -1.95. The second kappa shape index (κ2) is 5.59. The predicted molar refractivity (Wildman–Crippen MR) is 70.2 cm³/mol. The van der Waals surface area contributed by atoms with Gasteiger partial charge in [0.25, 0.3) is 5.91 Å². The van der Waals surface area contributed by atoms with Gasteiger partial charge in [-0.25, -0.2) is 0 Å². The van der Waals surface area contributed by atoms with Gasteiger partial charge >= 0.3 is 0 Å². The smallest absolute Gasteiger partial charge is 0.261 e. The predicted octanol–water partition coefficient (Wildman–Crippen LogP) is 2.50. The fourth-order valence-electron chi connectivity index (χ4n) is 1.45. The lowest BCUT2D eigenvalue weighted by molar-refractivity contribution is 0.102. The van der Waals surface area contributed by atoms with Crippen LogP contribution in [0, 0.1) is 6.92 Å². The van der Waals surface area contributed by atoms with E-state index < -0.39 is 0 Å². The number of hydrogen-bond donors (Lipinski definition) is 1. The Kier molecular flexibility index (Phi) is 3.88. The van der Waals surface area contributed by atoms with E-state index in [1.807, 2.05) is 19.9 Å². The number of aryl methyl sites for hydroxylation is 1. The van der Waals surface area contributed by atoms with Crippen LogP contribution in [-0.4, -0.2) is 22.7 Å². The number of aromatic nitrogens is 2. The lowest BCUT2D eigenvalue weighted by atomic mass is 10.2. The van der Waals surface area contributed by atoms with E-state index in [9.17, 15) is 4.79 Å². The average Bonchev–Trinajstić information content (AvgIpc) is 2.76. The summed E-state index contributed by atoms with van der Waals surface area (Å²) in [5.74, 6) is 0.328. The molecular weight excluding hydrogens is 250 g/mol. The SMILES string of the molecule is CCOc1ccccc1C(=O)Nc1nnc(C)s1. The van der Waals surface area contributed by atoms with Crippen LogP contribution in [0.1, 0.15) is 22.3 Å². The van der Waals surface area contributed by atoms with E-state index in [1.165, 1.54) is 11.3 Å². The molecule has 0 fully saturated rings. The molecule has 2 aromatic rings. The molecule has 0 aliphatic rings. The number of amides is 1. The summed E-state index contributed by atoms with van der Waals surface area (Å²) in [6.45, 7) is 4.23. The highest BCUT2D eigenvalue weighted by Gasteiger charge is 2.13. The first kappa shape index (κ1) is 12.5. The van der Waals surface area contributed by atoms with Crippen LogP contribution in [0.3, 0.4) is 0 Å². The third kappa shape index (κ3) is 2.84. The van der Waals surface area contributed by atoms with E-state index in [2.05, 4.69) is 15.5 Å². The van der Waals surface area contributed by atoms with Crippen molar-refractivity contribution in [1.82, 2.24) is 10.2 Å². The maximum Gasteiger partial charge on any atom is 0.261 e. The first-order chi connectivity index (χ1) is 8.70. The Bertz CT molecular complexity index is 554. The lowest BCUT2D eigenvalue weighted by Crippen LogP contribution is -2.13. The molecule has 1 N–H and O–H groups in total. The molecule has 0 saturated heterocycles. The zero-order chi connectivity index (χ0) is 13.0. The second-order valence-electron chi connectivity index (χ2n) is 3.51. The van der Waals surface area contributed by atoms with Gasteiger partial charge < -0.3 is 4.74 Å². The molecule has 0 bridgehead atoms. The summed E-state index contributed by atoms with van der Waals surface area (Å²) in [5, 5.41) is 11.7. The first-order valence-corrected chi connectivity index (χ1v) is 6.35. The van der Waals surface area contributed by atoms with Crippen molar-refractivity contribution >= 4 is 22.4 Å². The number of anilines is 1. The van der Waals surface area contributed by atoms with Crippen LogP contribution in [-0.2, 0) is 0 Å². The lowest BCUT2D eigenvalue weighted by Gasteiger charge is -2.08. The molecule has 1 aromatic heterocycles. The minimum absolute atomic E-state index is 0.241. The number of hydrogen-bond acceptors (Lipinski definition) is 5. The average molecular weight is 263 g/mol. The summed E-state index contributed by atoms with van der Waals surface area (Å²) in [5.41, 5.74) is 0.493. The number of carbonyl (C=O) groups is 1. The van der Waals surface area contributed by atoms with Gasteiger partial charge in [0.1, 0.15) is 10.8 Å². The number of nitrogens with one attached hydrogen (secondary N) is 1. The largest absolute Gasteiger partial charge is 0.493 e. The molecule has 0 spiro atoms. The molecule has 1 amide bonds. The summed E-state index contributed by atoms with van der Waals surface area (Å²) < 4.78 is 5.41. The summed E-state index contributed by atoms with van der Waals surface area (Å²) in [6.07, 6.45) is 0. The van der Waals surface area contributed by atoms with Crippen molar-refractivity contribution in [3.05, 3.63) is 34.8 Å². The van der Waals surface area contributed by atoms with Gasteiger partial charge in [0.15, 0.2) is 0 Å². The van der Waals surface area contributed by atoms with Crippen LogP contribution in [0.15, 0.2) is 24.3 Å². The number of rotatable bonds is 4. The number of nitrogens with zero attached hydrogens (tertiary/aromatic N) is 2. The van der Waals surface area contributed by atoms with Gasteiger partial charge in [0.05, 0.1) is 12.2 Å². The normalized spacial score (nSPS) is 10.1. The van der Waals surface area contributed by atoms with Crippen molar-refractivity contribution in [2.75, 3.05) is 11.9 Å². The van der Waals surface area contributed by atoms with Gasteiger partial charge in [-0.3, -0.25) is 10.1 Å². The van der Waals surface area contributed by atoms with E-state index in [1.54, 1.807) is 18.2 Å². The Morgan fingerprint density at radius 2 is 2.17 bits per heavy atom. The molecule has 18 heavy (non-hydrogen) atoms. The molecule has 1 heterocycles. The summed E-state index contributed by atoms with van der Waals surface area (Å²) in [6, 6.07) is 7.11. The molecule has 0 aliphatic carbocycles. The van der Waals surface area contributed by atoms with Crippen molar-refractivity contribution < 1.29 is 9.53 Å². The van der Waals surface area contributed by atoms with Crippen LogP contribution in [0.25, 0.3) is 0 Å². The van der Waals surface area contributed by atoms with Crippen molar-refractivity contribution in [3.63, 3.8) is 0 Å². The topological polar surface area (TPSA) is 64.1 Å². The molecule has 0 atom stereocenters. The monoisotopic (exact) mass is 263 g/mol. The minimum Gasteiger partial charge on any atom is -0.493 e. The molecule has 94 valence electrons. The van der Waals surface area contributed by atoms with Gasteiger partial charge in [-0.05, 0) is 26.0 Å². The van der Waals surface area contributed by atoms with Gasteiger partial charge in [-0.2, -0.15) is 0 Å². The van der Waals surface area contributed by atoms with Crippen LogP contribution in [0.2, 0.25) is 0 Å². The van der Waals surface area contributed by atoms with Crippen LogP contribution in [0.5, 0.6) is 5.75 Å². The number of carbonyl (C=O) groups excluding carboxylic acids is 1. The third-order valence-corrected chi connectivity index (χ3v) is 2.93. The molecule has 0 saturated carbocycles. The first-order valence-electron chi connectivity index (χ1n) is 5.54. The molecule has 5 nitrogen and oxygen atoms in total. The van der Waals surface area contributed by atoms with Crippen molar-refractivity contribution in [3.8, 4) is 5.75 Å². The van der Waals surface area contributed by atoms with Gasteiger partial charge in [0, 0.05) is 0 Å². The van der Waals surface area contributed by atoms with Gasteiger partial charge in [-0.1, -0.05) is 23.5 Å². The quantitative estimate of drug-likeness (QED) is 0.920. The van der Waals surface area contributed by atoms with Crippen LogP contribution in [0.4, 0.5) is 5.13 Å². The summed E-state index contributed by atoms with van der Waals surface area (Å²) >= 11 is 1.33. The molecule has 0 aliphatic heterocycles. The van der Waals surface area contributed by atoms with E-state index in [0.29, 0.717) is 23.1 Å². The number of ether oxygens (including phenoxy) is 1. The Morgan fingerprint density at radius 1 is 1.39 bits per heavy atom. The Labute approximate surface area is 109 Å². The highest BCUT2D eigenvalue weighted by Crippen LogP contribution is 2.20. The minimum atomic E-state index is -0.241. The summed E-state index contributed by atoms with van der Waals surface area (Å²) in [4.78, 5) is 12.1. The molecule has 2 rings (SSSR count). The van der Waals surface area contributed by atoms with Gasteiger partial charge in [0.2, 0.25) is 5.13 Å². The molecular formula is C12H13N3O2S. The zero-order valence-corrected chi connectivity index (χ0v) is 11.0. The fourth-order valence-corrected chi connectivity index (χ4v) is 2.03. The van der Waals surface area contributed by atoms with E-state index in [0.717, 1.165) is 5.01 Å². The van der Waals surface area contributed by atoms with Crippen molar-refractivity contribution in [2.45, 2.75) is 13.8 Å². The maximum absolute atomic E-state index is 12.1. The number of para-hydroxylation sites is 1. The van der Waals surface area contributed by atoms with Crippen LogP contribution >= 0.6 is 11.3 Å². The standard InChI is InChI=1S/C12H13N3O2S/c1-3-17-10-7-5-4-6-9(10)11(16)13-12-15-14-8(2)18-12/h4-7H,3H2,1-2H3,(H,13,15,16). The zero-order valence-electron chi connectivity index (χ0n) is 10.1. The third-order valence-electron chi connectivity index (χ3n) is 2.18. The second-order valence-corrected chi connectivity index (χ2v) is 4.69. The Morgan fingerprint density at radius 3 is 2.83 bits per heavy atom. The molecule has 1 aromatic carbocycles. The van der Waals surface area contributed by atoms with Crippen LogP contribution < -0.4 is 10.1 Å². The molecule has 6 heteroatoms. The van der Waals surface area contributed by atoms with E-state index in [4.69, 9.17) is 4.74 Å².